The molecule has 0 amide bonds. The van der Waals surface area contributed by atoms with E-state index < -0.39 is 29.9 Å². The Balaban J connectivity index is 0.947. The number of piperazine rings is 2. The Hall–Kier alpha value is -7.24. The molecule has 16 heteroatoms. The summed E-state index contributed by atoms with van der Waals surface area (Å²) in [6.07, 6.45) is -0.480. The predicted octanol–water partition coefficient (Wildman–Crippen LogP) is 8.99. The summed E-state index contributed by atoms with van der Waals surface area (Å²) in [5.41, 5.74) is 21.7. The van der Waals surface area contributed by atoms with Gasteiger partial charge < -0.3 is 21.3 Å². The Bertz CT molecular complexity index is 2940. The molecule has 12 nitrogen and oxygen atoms in total. The highest BCUT2D eigenvalue weighted by molar-refractivity contribution is 5.50. The van der Waals surface area contributed by atoms with Crippen molar-refractivity contribution >= 4 is 11.4 Å². The number of aromatic nitrogens is 6. The van der Waals surface area contributed by atoms with E-state index in [4.69, 9.17) is 21.8 Å². The van der Waals surface area contributed by atoms with Gasteiger partial charge in [0.2, 0.25) is 0 Å². The molecule has 0 aliphatic carbocycles. The van der Waals surface area contributed by atoms with E-state index in [2.05, 4.69) is 60.2 Å². The van der Waals surface area contributed by atoms with Crippen molar-refractivity contribution in [1.82, 2.24) is 39.8 Å². The molecule has 6 aromatic carbocycles. The van der Waals surface area contributed by atoms with E-state index in [1.54, 1.807) is 12.1 Å². The highest BCUT2D eigenvalue weighted by Crippen LogP contribution is 2.37. The van der Waals surface area contributed by atoms with Crippen LogP contribution in [-0.4, -0.2) is 85.6 Å². The van der Waals surface area contributed by atoms with Gasteiger partial charge in [-0.25, -0.2) is 13.8 Å². The van der Waals surface area contributed by atoms with E-state index in [9.17, 15) is 17.6 Å². The lowest BCUT2D eigenvalue weighted by molar-refractivity contribution is -0.137. The molecule has 0 radical (unpaired) electrons. The van der Waals surface area contributed by atoms with Crippen molar-refractivity contribution in [1.29, 1.82) is 0 Å². The molecule has 2 aliphatic heterocycles. The van der Waals surface area contributed by atoms with Crippen LogP contribution in [0.3, 0.4) is 0 Å². The van der Waals surface area contributed by atoms with Gasteiger partial charge in [-0.3, -0.25) is 9.80 Å². The van der Waals surface area contributed by atoms with Crippen molar-refractivity contribution < 1.29 is 17.6 Å². The molecule has 4 heterocycles. The number of anilines is 2. The van der Waals surface area contributed by atoms with Gasteiger partial charge in [0.15, 0.2) is 0 Å². The molecule has 364 valence electrons. The van der Waals surface area contributed by atoms with E-state index in [0.717, 1.165) is 83.2 Å². The minimum absolute atomic E-state index is 0.221. The zero-order chi connectivity index (χ0) is 48.9. The SMILES string of the molecule is NC(c1ccccc1)C(c1cccc(C2CN(c3ccc(C(F)(F)F)cc3)CCN2Cc2cn(C(c3ccccc3)C(N)c3ccccc3)nn2)c1)n1cc(CN2CCN(c3ccc(F)cc3)CC2)nn1. The van der Waals surface area contributed by atoms with Crippen molar-refractivity contribution in [2.75, 3.05) is 55.6 Å². The zero-order valence-electron chi connectivity index (χ0n) is 39.1. The molecule has 8 aromatic rings. The number of nitrogens with zero attached hydrogens (tertiary/aromatic N) is 10. The number of hydrogen-bond acceptors (Lipinski definition) is 10. The third-order valence-electron chi connectivity index (χ3n) is 13.9. The highest BCUT2D eigenvalue weighted by Gasteiger charge is 2.34. The van der Waals surface area contributed by atoms with Gasteiger partial charge in [0.1, 0.15) is 5.82 Å². The number of rotatable bonds is 15. The Morgan fingerprint density at radius 3 is 1.59 bits per heavy atom. The lowest BCUT2D eigenvalue weighted by atomic mass is 9.91. The lowest BCUT2D eigenvalue weighted by Crippen LogP contribution is -2.48. The summed E-state index contributed by atoms with van der Waals surface area (Å²) < 4.78 is 58.4. The van der Waals surface area contributed by atoms with Crippen LogP contribution in [0.2, 0.25) is 0 Å². The van der Waals surface area contributed by atoms with E-state index in [1.165, 1.54) is 12.1 Å². The van der Waals surface area contributed by atoms with Crippen LogP contribution in [0, 0.1) is 5.82 Å². The maximum atomic E-state index is 13.7. The average Bonchev–Trinajstić information content (AvgIpc) is 4.07. The standard InChI is InChI=1S/C55H56F4N12/c56-45-21-25-48(26-22-45)67-29-27-66(28-30-67)34-46-36-71(64-62-46)54(52(61)40-13-6-2-7-14-40)43-18-10-17-42(33-43)50-38-68(49-23-19-44(20-24-49)55(57,58)59)31-32-69(50)35-47-37-70(65-63-47)53(41-15-8-3-9-16-41)51(60)39-11-4-1-5-12-39/h1-26,33,36-37,50-54H,27-32,34-35,38,60-61H2. The molecule has 10 rings (SSSR count). The van der Waals surface area contributed by atoms with Gasteiger partial charge in [-0.2, -0.15) is 13.2 Å². The van der Waals surface area contributed by atoms with Crippen LogP contribution >= 0.6 is 0 Å². The first-order valence-corrected chi connectivity index (χ1v) is 24.0. The van der Waals surface area contributed by atoms with Gasteiger partial charge in [0.05, 0.1) is 59.6 Å². The lowest BCUT2D eigenvalue weighted by Gasteiger charge is -2.42. The second-order valence-electron chi connectivity index (χ2n) is 18.4. The quantitative estimate of drug-likeness (QED) is 0.0963. The molecule has 2 fully saturated rings. The summed E-state index contributed by atoms with van der Waals surface area (Å²) in [5.74, 6) is -0.247. The van der Waals surface area contributed by atoms with Crippen molar-refractivity contribution in [2.24, 2.45) is 11.5 Å². The minimum Gasteiger partial charge on any atom is -0.369 e. The van der Waals surface area contributed by atoms with Crippen LogP contribution in [0.1, 0.15) is 75.0 Å². The van der Waals surface area contributed by atoms with Gasteiger partial charge in [0, 0.05) is 70.3 Å². The highest BCUT2D eigenvalue weighted by atomic mass is 19.4. The number of alkyl halides is 3. The van der Waals surface area contributed by atoms with E-state index in [0.29, 0.717) is 38.4 Å². The number of nitrogens with two attached hydrogens (primary N) is 2. The van der Waals surface area contributed by atoms with E-state index >= 15 is 0 Å². The monoisotopic (exact) mass is 960 g/mol. The molecular formula is C55H56F4N12. The summed E-state index contributed by atoms with van der Waals surface area (Å²) in [7, 11) is 0. The average molecular weight is 961 g/mol. The Morgan fingerprint density at radius 1 is 0.521 bits per heavy atom. The molecule has 2 aliphatic rings. The molecule has 5 atom stereocenters. The summed E-state index contributed by atoms with van der Waals surface area (Å²) in [4.78, 5) is 9.11. The minimum atomic E-state index is -4.44. The van der Waals surface area contributed by atoms with Gasteiger partial charge in [-0.15, -0.1) is 10.2 Å². The van der Waals surface area contributed by atoms with E-state index in [1.807, 2.05) is 119 Å². The fraction of sp³-hybridized carbons (Fsp3) is 0.273. The first-order valence-electron chi connectivity index (χ1n) is 24.0. The third-order valence-corrected chi connectivity index (χ3v) is 13.9. The largest absolute Gasteiger partial charge is 0.416 e. The van der Waals surface area contributed by atoms with Crippen molar-refractivity contribution in [2.45, 2.75) is 49.5 Å². The summed E-state index contributed by atoms with van der Waals surface area (Å²) in [6, 6.07) is 48.5. The fourth-order valence-corrected chi connectivity index (χ4v) is 10.1. The smallest absolute Gasteiger partial charge is 0.369 e. The van der Waals surface area contributed by atoms with Gasteiger partial charge >= 0.3 is 6.18 Å². The summed E-state index contributed by atoms with van der Waals surface area (Å²) in [6.45, 7) is 5.95. The first kappa shape index (κ1) is 47.4. The Morgan fingerprint density at radius 2 is 1.01 bits per heavy atom. The fourth-order valence-electron chi connectivity index (χ4n) is 10.1. The maximum absolute atomic E-state index is 13.7. The Kier molecular flexibility index (Phi) is 14.0. The summed E-state index contributed by atoms with van der Waals surface area (Å²) >= 11 is 0. The number of hydrogen-bond donors (Lipinski definition) is 2. The van der Waals surface area contributed by atoms with Crippen LogP contribution < -0.4 is 21.3 Å². The van der Waals surface area contributed by atoms with Crippen LogP contribution in [0.25, 0.3) is 0 Å². The van der Waals surface area contributed by atoms with Crippen LogP contribution in [0.15, 0.2) is 176 Å². The van der Waals surface area contributed by atoms with E-state index in [-0.39, 0.29) is 17.9 Å². The van der Waals surface area contributed by atoms with Crippen molar-refractivity contribution in [3.05, 3.63) is 227 Å². The van der Waals surface area contributed by atoms with Gasteiger partial charge in [0.25, 0.3) is 0 Å². The van der Waals surface area contributed by atoms with Crippen molar-refractivity contribution in [3.8, 4) is 0 Å². The molecule has 0 bridgehead atoms. The molecule has 0 saturated carbocycles. The second kappa shape index (κ2) is 21.0. The van der Waals surface area contributed by atoms with Crippen molar-refractivity contribution in [3.63, 3.8) is 0 Å². The third kappa shape index (κ3) is 10.9. The molecule has 4 N–H and O–H groups in total. The molecule has 2 aromatic heterocycles. The first-order chi connectivity index (χ1) is 34.5. The topological polar surface area (TPSA) is 126 Å². The number of benzene rings is 6. The van der Waals surface area contributed by atoms with Crippen LogP contribution in [0.4, 0.5) is 28.9 Å². The van der Waals surface area contributed by atoms with Gasteiger partial charge in [-0.1, -0.05) is 126 Å². The Labute approximate surface area is 410 Å². The predicted molar refractivity (Wildman–Crippen MR) is 267 cm³/mol. The second-order valence-corrected chi connectivity index (χ2v) is 18.4. The molecule has 5 unspecified atom stereocenters. The normalized spacial score (nSPS) is 17.7. The molecule has 71 heavy (non-hydrogen) atoms. The van der Waals surface area contributed by atoms with Crippen LogP contribution in [-0.2, 0) is 19.3 Å². The van der Waals surface area contributed by atoms with Crippen LogP contribution in [0.5, 0.6) is 0 Å². The zero-order valence-corrected chi connectivity index (χ0v) is 39.1. The maximum Gasteiger partial charge on any atom is 0.416 e. The summed E-state index contributed by atoms with van der Waals surface area (Å²) in [5, 5.41) is 18.8. The number of halogens is 4. The molecular weight excluding hydrogens is 905 g/mol. The van der Waals surface area contributed by atoms with Gasteiger partial charge in [-0.05, 0) is 76.3 Å². The molecule has 0 spiro atoms. The molecule has 2 saturated heterocycles.